The first-order valence-corrected chi connectivity index (χ1v) is 7.11. The lowest BCUT2D eigenvalue weighted by Gasteiger charge is -2.14. The summed E-state index contributed by atoms with van der Waals surface area (Å²) in [7, 11) is 0. The number of carbonyl (C=O) groups excluding carboxylic acids is 1. The van der Waals surface area contributed by atoms with Gasteiger partial charge in [-0.15, -0.1) is 0 Å². The van der Waals surface area contributed by atoms with Crippen molar-refractivity contribution >= 4 is 17.5 Å². The van der Waals surface area contributed by atoms with Gasteiger partial charge in [0.05, 0.1) is 0 Å². The fraction of sp³-hybridized carbons (Fsp3) is 0.250. The Balaban J connectivity index is 1.89. The van der Waals surface area contributed by atoms with Crippen LogP contribution in [0.5, 0.6) is 0 Å². The number of aliphatic hydroxyl groups is 1. The molecule has 0 spiro atoms. The van der Waals surface area contributed by atoms with Crippen LogP contribution in [-0.2, 0) is 6.42 Å². The van der Waals surface area contributed by atoms with Crippen molar-refractivity contribution in [1.82, 2.24) is 10.3 Å². The van der Waals surface area contributed by atoms with Gasteiger partial charge in [0.2, 0.25) is 0 Å². The Morgan fingerprint density at radius 1 is 1.29 bits per heavy atom. The molecule has 1 aromatic carbocycles. The van der Waals surface area contributed by atoms with E-state index in [2.05, 4.69) is 10.3 Å². The van der Waals surface area contributed by atoms with E-state index >= 15 is 0 Å². The van der Waals surface area contributed by atoms with Crippen LogP contribution in [0.3, 0.4) is 0 Å². The fourth-order valence-electron chi connectivity index (χ4n) is 1.98. The van der Waals surface area contributed by atoms with E-state index in [1.165, 1.54) is 0 Å². The molecule has 21 heavy (non-hydrogen) atoms. The highest BCUT2D eigenvalue weighted by Gasteiger charge is 2.12. The summed E-state index contributed by atoms with van der Waals surface area (Å²) in [5.74, 6) is -0.264. The maximum Gasteiger partial charge on any atom is 0.251 e. The monoisotopic (exact) mass is 304 g/mol. The summed E-state index contributed by atoms with van der Waals surface area (Å²) in [4.78, 5) is 16.2. The van der Waals surface area contributed by atoms with E-state index in [9.17, 15) is 9.90 Å². The average molecular weight is 305 g/mol. The lowest BCUT2D eigenvalue weighted by molar-refractivity contribution is 0.0940. The molecule has 5 heteroatoms. The van der Waals surface area contributed by atoms with E-state index in [4.69, 9.17) is 11.6 Å². The number of carbonyl (C=O) groups is 1. The summed E-state index contributed by atoms with van der Waals surface area (Å²) >= 11 is 5.86. The minimum Gasteiger partial charge on any atom is -0.396 e. The zero-order chi connectivity index (χ0) is 15.1. The number of nitrogens with one attached hydrogen (secondary N) is 1. The Labute approximate surface area is 128 Å². The standard InChI is InChI=1S/C16H17ClN2O2/c17-14-5-3-4-13(9-14)16(21)19-10-12(11-20)8-15-6-1-2-7-18-15/h1-7,9,12,20H,8,10-11H2,(H,19,21)/t12-/m1/s1. The Bertz CT molecular complexity index is 590. The van der Waals surface area contributed by atoms with Crippen molar-refractivity contribution in [2.24, 2.45) is 5.92 Å². The molecule has 1 atom stereocenters. The second kappa shape index (κ2) is 7.76. The minimum absolute atomic E-state index is 0.00754. The van der Waals surface area contributed by atoms with Crippen molar-refractivity contribution in [2.75, 3.05) is 13.2 Å². The van der Waals surface area contributed by atoms with E-state index < -0.39 is 0 Å². The second-order valence-electron chi connectivity index (χ2n) is 4.79. The predicted molar refractivity (Wildman–Crippen MR) is 82.3 cm³/mol. The van der Waals surface area contributed by atoms with Gasteiger partial charge in [0.25, 0.3) is 5.91 Å². The normalized spacial score (nSPS) is 11.9. The van der Waals surface area contributed by atoms with Gasteiger partial charge in [-0.1, -0.05) is 23.7 Å². The van der Waals surface area contributed by atoms with Crippen LogP contribution < -0.4 is 5.32 Å². The van der Waals surface area contributed by atoms with Crippen LogP contribution in [0.25, 0.3) is 0 Å². The number of hydrogen-bond donors (Lipinski definition) is 2. The van der Waals surface area contributed by atoms with Crippen LogP contribution in [0.1, 0.15) is 16.1 Å². The maximum atomic E-state index is 12.0. The third-order valence-electron chi connectivity index (χ3n) is 3.12. The molecule has 0 aliphatic carbocycles. The number of halogens is 1. The molecule has 0 unspecified atom stereocenters. The molecule has 0 aliphatic rings. The zero-order valence-electron chi connectivity index (χ0n) is 11.5. The molecule has 0 saturated heterocycles. The molecule has 0 bridgehead atoms. The lowest BCUT2D eigenvalue weighted by Crippen LogP contribution is -2.32. The number of aromatic nitrogens is 1. The van der Waals surface area contributed by atoms with Crippen molar-refractivity contribution < 1.29 is 9.90 Å². The number of aliphatic hydroxyl groups excluding tert-OH is 1. The van der Waals surface area contributed by atoms with Gasteiger partial charge in [-0.2, -0.15) is 0 Å². The highest BCUT2D eigenvalue weighted by Crippen LogP contribution is 2.11. The van der Waals surface area contributed by atoms with Gasteiger partial charge in [-0.3, -0.25) is 9.78 Å². The summed E-state index contributed by atoms with van der Waals surface area (Å²) in [6, 6.07) is 12.4. The molecule has 0 aliphatic heterocycles. The van der Waals surface area contributed by atoms with Crippen LogP contribution in [-0.4, -0.2) is 29.1 Å². The van der Waals surface area contributed by atoms with Crippen molar-refractivity contribution in [2.45, 2.75) is 6.42 Å². The summed E-state index contributed by atoms with van der Waals surface area (Å²) in [5.41, 5.74) is 1.41. The van der Waals surface area contributed by atoms with Gasteiger partial charge in [0, 0.05) is 41.5 Å². The van der Waals surface area contributed by atoms with E-state index in [1.54, 1.807) is 30.5 Å². The first-order chi connectivity index (χ1) is 10.2. The van der Waals surface area contributed by atoms with Gasteiger partial charge in [-0.05, 0) is 36.8 Å². The topological polar surface area (TPSA) is 62.2 Å². The van der Waals surface area contributed by atoms with Crippen LogP contribution in [0, 0.1) is 5.92 Å². The summed E-state index contributed by atoms with van der Waals surface area (Å²) in [6.07, 6.45) is 2.33. The first-order valence-electron chi connectivity index (χ1n) is 6.73. The number of nitrogens with zero attached hydrogens (tertiary/aromatic N) is 1. The van der Waals surface area contributed by atoms with E-state index in [1.807, 2.05) is 18.2 Å². The molecule has 0 radical (unpaired) electrons. The van der Waals surface area contributed by atoms with Crippen LogP contribution >= 0.6 is 11.6 Å². The summed E-state index contributed by atoms with van der Waals surface area (Å²) in [5, 5.41) is 12.7. The molecular formula is C16H17ClN2O2. The third kappa shape index (κ3) is 4.85. The molecule has 2 N–H and O–H groups in total. The number of rotatable bonds is 6. The van der Waals surface area contributed by atoms with Crippen molar-refractivity contribution in [3.05, 3.63) is 64.9 Å². The molecule has 4 nitrogen and oxygen atoms in total. The zero-order valence-corrected chi connectivity index (χ0v) is 12.3. The van der Waals surface area contributed by atoms with Crippen LogP contribution in [0.4, 0.5) is 0 Å². The Morgan fingerprint density at radius 2 is 2.14 bits per heavy atom. The summed E-state index contributed by atoms with van der Waals surface area (Å²) < 4.78 is 0. The molecule has 1 amide bonds. The smallest absolute Gasteiger partial charge is 0.251 e. The van der Waals surface area contributed by atoms with Crippen LogP contribution in [0.2, 0.25) is 5.02 Å². The Morgan fingerprint density at radius 3 is 2.81 bits per heavy atom. The number of pyridine rings is 1. The largest absolute Gasteiger partial charge is 0.396 e. The highest BCUT2D eigenvalue weighted by atomic mass is 35.5. The molecule has 1 aromatic heterocycles. The highest BCUT2D eigenvalue weighted by molar-refractivity contribution is 6.30. The SMILES string of the molecule is O=C(NC[C@H](CO)Cc1ccccn1)c1cccc(Cl)c1. The number of benzene rings is 1. The molecule has 0 saturated carbocycles. The van der Waals surface area contributed by atoms with Crippen molar-refractivity contribution in [3.8, 4) is 0 Å². The van der Waals surface area contributed by atoms with Crippen molar-refractivity contribution in [3.63, 3.8) is 0 Å². The average Bonchev–Trinajstić information content (AvgIpc) is 2.52. The Kier molecular flexibility index (Phi) is 5.72. The minimum atomic E-state index is -0.197. The fourth-order valence-corrected chi connectivity index (χ4v) is 2.18. The quantitative estimate of drug-likeness (QED) is 0.861. The van der Waals surface area contributed by atoms with Gasteiger partial charge < -0.3 is 10.4 Å². The molecular weight excluding hydrogens is 288 g/mol. The third-order valence-corrected chi connectivity index (χ3v) is 3.36. The van der Waals surface area contributed by atoms with E-state index in [-0.39, 0.29) is 18.4 Å². The number of hydrogen-bond acceptors (Lipinski definition) is 3. The van der Waals surface area contributed by atoms with Gasteiger partial charge >= 0.3 is 0 Å². The Hall–Kier alpha value is -1.91. The molecule has 1 heterocycles. The number of amides is 1. The molecule has 0 fully saturated rings. The van der Waals surface area contributed by atoms with Crippen LogP contribution in [0.15, 0.2) is 48.7 Å². The molecule has 110 valence electrons. The maximum absolute atomic E-state index is 12.0. The molecule has 2 aromatic rings. The predicted octanol–water partition coefficient (Wildman–Crippen LogP) is 2.32. The van der Waals surface area contributed by atoms with Gasteiger partial charge in [0.15, 0.2) is 0 Å². The first kappa shape index (κ1) is 15.5. The van der Waals surface area contributed by atoms with Crippen molar-refractivity contribution in [1.29, 1.82) is 0 Å². The van der Waals surface area contributed by atoms with Gasteiger partial charge in [0.1, 0.15) is 0 Å². The van der Waals surface area contributed by atoms with E-state index in [0.29, 0.717) is 23.6 Å². The summed E-state index contributed by atoms with van der Waals surface area (Å²) in [6.45, 7) is 0.380. The second-order valence-corrected chi connectivity index (χ2v) is 5.23. The lowest BCUT2D eigenvalue weighted by atomic mass is 10.0. The van der Waals surface area contributed by atoms with Gasteiger partial charge in [-0.25, -0.2) is 0 Å². The van der Waals surface area contributed by atoms with E-state index in [0.717, 1.165) is 5.69 Å². The molecule has 2 rings (SSSR count).